The number of nitrogens with zero attached hydrogens (tertiary/aromatic N) is 2. The van der Waals surface area contributed by atoms with Gasteiger partial charge in [0.25, 0.3) is 0 Å². The molecule has 0 saturated heterocycles. The second-order valence-corrected chi connectivity index (χ2v) is 4.69. The van der Waals surface area contributed by atoms with E-state index in [9.17, 15) is 0 Å². The summed E-state index contributed by atoms with van der Waals surface area (Å²) in [7, 11) is 1.53. The fraction of sp³-hybridized carbons (Fsp3) is 0.143. The average Bonchev–Trinajstić information content (AvgIpc) is 2.42. The quantitative estimate of drug-likeness (QED) is 0.854. The van der Waals surface area contributed by atoms with Gasteiger partial charge < -0.3 is 4.74 Å². The molecule has 0 amide bonds. The summed E-state index contributed by atoms with van der Waals surface area (Å²) in [6.07, 6.45) is 1.89. The van der Waals surface area contributed by atoms with Crippen LogP contribution in [0.25, 0.3) is 11.1 Å². The molecule has 0 N–H and O–H groups in total. The maximum absolute atomic E-state index is 8.91. The van der Waals surface area contributed by atoms with Crippen LogP contribution in [0.15, 0.2) is 30.5 Å². The maximum atomic E-state index is 8.91. The number of nitriles is 1. The molecule has 0 atom stereocenters. The SMILES string of the molecule is COc1cc(CC#N)c(-c2cc(Cl)ccc2Cl)cn1. The zero-order valence-electron chi connectivity index (χ0n) is 10.2. The molecular formula is C14H10Cl2N2O. The van der Waals surface area contributed by atoms with Gasteiger partial charge in [-0.2, -0.15) is 5.26 Å². The van der Waals surface area contributed by atoms with Gasteiger partial charge in [-0.1, -0.05) is 23.2 Å². The Labute approximate surface area is 121 Å². The van der Waals surface area contributed by atoms with E-state index in [0.29, 0.717) is 15.9 Å². The summed E-state index contributed by atoms with van der Waals surface area (Å²) in [4.78, 5) is 4.15. The lowest BCUT2D eigenvalue weighted by Gasteiger charge is -2.10. The first kappa shape index (κ1) is 13.7. The molecule has 1 aromatic carbocycles. The van der Waals surface area contributed by atoms with Crippen molar-refractivity contribution in [3.05, 3.63) is 46.1 Å². The third kappa shape index (κ3) is 2.98. The summed E-state index contributed by atoms with van der Waals surface area (Å²) in [6.45, 7) is 0. The Bertz CT molecular complexity index is 650. The fourth-order valence-electron chi connectivity index (χ4n) is 1.76. The van der Waals surface area contributed by atoms with Gasteiger partial charge in [0.2, 0.25) is 5.88 Å². The lowest BCUT2D eigenvalue weighted by molar-refractivity contribution is 0.397. The largest absolute Gasteiger partial charge is 0.481 e. The second-order valence-electron chi connectivity index (χ2n) is 3.84. The molecule has 0 bridgehead atoms. The summed E-state index contributed by atoms with van der Waals surface area (Å²) < 4.78 is 5.07. The Kier molecular flexibility index (Phi) is 4.26. The van der Waals surface area contributed by atoms with E-state index in [1.165, 1.54) is 7.11 Å². The van der Waals surface area contributed by atoms with Gasteiger partial charge in [-0.25, -0.2) is 4.98 Å². The zero-order chi connectivity index (χ0) is 13.8. The standard InChI is InChI=1S/C14H10Cl2N2O/c1-19-14-6-9(4-5-17)12(8-18-14)11-7-10(15)2-3-13(11)16/h2-3,6-8H,4H2,1H3. The molecule has 5 heteroatoms. The molecule has 3 nitrogen and oxygen atoms in total. The van der Waals surface area contributed by atoms with Crippen molar-refractivity contribution in [1.82, 2.24) is 4.98 Å². The van der Waals surface area contributed by atoms with E-state index in [0.717, 1.165) is 16.7 Å². The first-order valence-electron chi connectivity index (χ1n) is 5.51. The van der Waals surface area contributed by atoms with E-state index < -0.39 is 0 Å². The fourth-order valence-corrected chi connectivity index (χ4v) is 2.16. The van der Waals surface area contributed by atoms with Gasteiger partial charge in [0.1, 0.15) is 0 Å². The minimum Gasteiger partial charge on any atom is -0.481 e. The van der Waals surface area contributed by atoms with E-state index in [1.807, 2.05) is 0 Å². The summed E-state index contributed by atoms with van der Waals surface area (Å²) in [5.41, 5.74) is 2.35. The number of methoxy groups -OCH3 is 1. The molecule has 0 aliphatic carbocycles. The van der Waals surface area contributed by atoms with Crippen molar-refractivity contribution < 1.29 is 4.74 Å². The van der Waals surface area contributed by atoms with Gasteiger partial charge in [0, 0.05) is 33.4 Å². The van der Waals surface area contributed by atoms with Crippen molar-refractivity contribution in [3.8, 4) is 23.1 Å². The number of aromatic nitrogens is 1. The van der Waals surface area contributed by atoms with Crippen LogP contribution in [0.5, 0.6) is 5.88 Å². The molecule has 0 spiro atoms. The van der Waals surface area contributed by atoms with Crippen molar-refractivity contribution in [2.45, 2.75) is 6.42 Å². The molecule has 96 valence electrons. The molecule has 0 fully saturated rings. The maximum Gasteiger partial charge on any atom is 0.213 e. The molecule has 0 aliphatic heterocycles. The number of halogens is 2. The number of benzene rings is 1. The zero-order valence-corrected chi connectivity index (χ0v) is 11.7. The number of hydrogen-bond acceptors (Lipinski definition) is 3. The van der Waals surface area contributed by atoms with Gasteiger partial charge in [-0.15, -0.1) is 0 Å². The first-order valence-corrected chi connectivity index (χ1v) is 6.26. The van der Waals surface area contributed by atoms with Gasteiger partial charge in [0.05, 0.1) is 19.6 Å². The van der Waals surface area contributed by atoms with Crippen LogP contribution in [0.3, 0.4) is 0 Å². The van der Waals surface area contributed by atoms with Crippen LogP contribution in [0.4, 0.5) is 0 Å². The van der Waals surface area contributed by atoms with Crippen molar-refractivity contribution in [3.63, 3.8) is 0 Å². The number of pyridine rings is 1. The van der Waals surface area contributed by atoms with Crippen LogP contribution in [0.2, 0.25) is 10.0 Å². The van der Waals surface area contributed by atoms with Crippen LogP contribution in [-0.4, -0.2) is 12.1 Å². The summed E-state index contributed by atoms with van der Waals surface area (Å²) >= 11 is 12.2. The molecule has 2 aromatic rings. The van der Waals surface area contributed by atoms with E-state index in [2.05, 4.69) is 11.1 Å². The molecule has 0 unspecified atom stereocenters. The Hall–Kier alpha value is -1.76. The lowest BCUT2D eigenvalue weighted by atomic mass is 10.0. The Balaban J connectivity index is 2.61. The van der Waals surface area contributed by atoms with Crippen molar-refractivity contribution in [2.24, 2.45) is 0 Å². The normalized spacial score (nSPS) is 10.0. The number of hydrogen-bond donors (Lipinski definition) is 0. The Morgan fingerprint density at radius 3 is 2.74 bits per heavy atom. The van der Waals surface area contributed by atoms with Crippen LogP contribution in [-0.2, 0) is 6.42 Å². The Morgan fingerprint density at radius 1 is 1.26 bits per heavy atom. The van der Waals surface area contributed by atoms with E-state index in [1.54, 1.807) is 30.5 Å². The molecule has 2 rings (SSSR count). The third-order valence-corrected chi connectivity index (χ3v) is 3.23. The van der Waals surface area contributed by atoms with Gasteiger partial charge >= 0.3 is 0 Å². The van der Waals surface area contributed by atoms with E-state index in [4.69, 9.17) is 33.2 Å². The monoisotopic (exact) mass is 292 g/mol. The lowest BCUT2D eigenvalue weighted by Crippen LogP contribution is -1.95. The minimum atomic E-state index is 0.247. The highest BCUT2D eigenvalue weighted by Gasteiger charge is 2.11. The second kappa shape index (κ2) is 5.92. The number of rotatable bonds is 3. The van der Waals surface area contributed by atoms with Crippen LogP contribution in [0, 0.1) is 11.3 Å². The van der Waals surface area contributed by atoms with Crippen molar-refractivity contribution in [1.29, 1.82) is 5.26 Å². The van der Waals surface area contributed by atoms with Crippen molar-refractivity contribution in [2.75, 3.05) is 7.11 Å². The predicted octanol–water partition coefficient (Wildman–Crippen LogP) is 4.13. The van der Waals surface area contributed by atoms with Crippen LogP contribution < -0.4 is 4.74 Å². The summed E-state index contributed by atoms with van der Waals surface area (Å²) in [6, 6.07) is 9.05. The molecular weight excluding hydrogens is 283 g/mol. The first-order chi connectivity index (χ1) is 9.15. The third-order valence-electron chi connectivity index (χ3n) is 2.66. The van der Waals surface area contributed by atoms with E-state index >= 15 is 0 Å². The smallest absolute Gasteiger partial charge is 0.213 e. The molecule has 0 saturated carbocycles. The highest BCUT2D eigenvalue weighted by molar-refractivity contribution is 6.35. The van der Waals surface area contributed by atoms with Crippen LogP contribution >= 0.6 is 23.2 Å². The van der Waals surface area contributed by atoms with Crippen LogP contribution in [0.1, 0.15) is 5.56 Å². The molecule has 1 heterocycles. The van der Waals surface area contributed by atoms with E-state index in [-0.39, 0.29) is 6.42 Å². The molecule has 0 radical (unpaired) electrons. The Morgan fingerprint density at radius 2 is 2.05 bits per heavy atom. The minimum absolute atomic E-state index is 0.247. The topological polar surface area (TPSA) is 45.9 Å². The summed E-state index contributed by atoms with van der Waals surface area (Å²) in [5.74, 6) is 0.465. The predicted molar refractivity (Wildman–Crippen MR) is 75.6 cm³/mol. The highest BCUT2D eigenvalue weighted by atomic mass is 35.5. The number of ether oxygens (including phenoxy) is 1. The molecule has 0 aliphatic rings. The summed E-state index contributed by atoms with van der Waals surface area (Å²) in [5, 5.41) is 10.1. The average molecular weight is 293 g/mol. The van der Waals surface area contributed by atoms with Gasteiger partial charge in [-0.3, -0.25) is 0 Å². The van der Waals surface area contributed by atoms with Crippen molar-refractivity contribution >= 4 is 23.2 Å². The van der Waals surface area contributed by atoms with Gasteiger partial charge in [-0.05, 0) is 23.8 Å². The highest BCUT2D eigenvalue weighted by Crippen LogP contribution is 2.33. The van der Waals surface area contributed by atoms with Gasteiger partial charge in [0.15, 0.2) is 0 Å². The molecule has 19 heavy (non-hydrogen) atoms. The molecule has 1 aromatic heterocycles.